The molecule has 0 fully saturated rings. The van der Waals surface area contributed by atoms with Crippen LogP contribution in [0.25, 0.3) is 11.0 Å². The molecule has 0 saturated heterocycles. The molecular weight excluding hydrogens is 188 g/mol. The summed E-state index contributed by atoms with van der Waals surface area (Å²) in [5.74, 6) is 0. The van der Waals surface area contributed by atoms with Crippen LogP contribution in [0.3, 0.4) is 0 Å². The maximum absolute atomic E-state index is 11.0. The molecule has 0 radical (unpaired) electrons. The van der Waals surface area contributed by atoms with Gasteiger partial charge in [0.05, 0.1) is 5.56 Å². The highest BCUT2D eigenvalue weighted by atomic mass is 35.5. The molecular formula is C9H7ClN2O. The van der Waals surface area contributed by atoms with Gasteiger partial charge in [-0.2, -0.15) is 0 Å². The van der Waals surface area contributed by atoms with E-state index in [9.17, 15) is 4.79 Å². The van der Waals surface area contributed by atoms with E-state index in [1.54, 1.807) is 23.0 Å². The lowest BCUT2D eigenvalue weighted by Gasteiger charge is -1.91. The molecule has 3 nitrogen and oxygen atoms in total. The zero-order chi connectivity index (χ0) is 9.42. The molecule has 0 bridgehead atoms. The third-order valence-electron chi connectivity index (χ3n) is 1.95. The van der Waals surface area contributed by atoms with Crippen LogP contribution in [0.4, 0.5) is 0 Å². The highest BCUT2D eigenvalue weighted by molar-refractivity contribution is 6.68. The number of hydrogen-bond donors (Lipinski definition) is 0. The van der Waals surface area contributed by atoms with Gasteiger partial charge >= 0.3 is 0 Å². The summed E-state index contributed by atoms with van der Waals surface area (Å²) in [6.45, 7) is 0. The summed E-state index contributed by atoms with van der Waals surface area (Å²) < 4.78 is 1.78. The van der Waals surface area contributed by atoms with Gasteiger partial charge in [0, 0.05) is 24.8 Å². The smallest absolute Gasteiger partial charge is 0.254 e. The minimum absolute atomic E-state index is 0.446. The zero-order valence-corrected chi connectivity index (χ0v) is 7.75. The summed E-state index contributed by atoms with van der Waals surface area (Å²) in [7, 11) is 1.83. The minimum atomic E-state index is -0.446. The standard InChI is InChI=1S/C9H7ClN2O/c1-12-5-7(8(10)13)6-3-2-4-11-9(6)12/h2-5H,1H3. The van der Waals surface area contributed by atoms with E-state index in [-0.39, 0.29) is 0 Å². The summed E-state index contributed by atoms with van der Waals surface area (Å²) >= 11 is 5.42. The van der Waals surface area contributed by atoms with Gasteiger partial charge in [-0.05, 0) is 23.7 Å². The molecule has 0 spiro atoms. The molecule has 0 unspecified atom stereocenters. The fraction of sp³-hybridized carbons (Fsp3) is 0.111. The average molecular weight is 195 g/mol. The Balaban J connectivity index is 2.85. The number of pyridine rings is 1. The number of aromatic nitrogens is 2. The maximum atomic E-state index is 11.0. The van der Waals surface area contributed by atoms with Gasteiger partial charge in [-0.15, -0.1) is 0 Å². The maximum Gasteiger partial charge on any atom is 0.254 e. The highest BCUT2D eigenvalue weighted by Crippen LogP contribution is 2.19. The number of carbonyl (C=O) groups is 1. The van der Waals surface area contributed by atoms with Crippen LogP contribution in [0.5, 0.6) is 0 Å². The molecule has 2 aromatic heterocycles. The van der Waals surface area contributed by atoms with E-state index >= 15 is 0 Å². The van der Waals surface area contributed by atoms with E-state index in [0.29, 0.717) is 5.56 Å². The van der Waals surface area contributed by atoms with Gasteiger partial charge in [0.25, 0.3) is 5.24 Å². The van der Waals surface area contributed by atoms with Gasteiger partial charge < -0.3 is 4.57 Å². The van der Waals surface area contributed by atoms with Crippen LogP contribution in [-0.2, 0) is 7.05 Å². The second-order valence-corrected chi connectivity index (χ2v) is 3.15. The van der Waals surface area contributed by atoms with Crippen LogP contribution in [0.1, 0.15) is 10.4 Å². The number of carbonyl (C=O) groups excluding carboxylic acids is 1. The predicted molar refractivity (Wildman–Crippen MR) is 50.9 cm³/mol. The Morgan fingerprint density at radius 3 is 3.08 bits per heavy atom. The van der Waals surface area contributed by atoms with Crippen molar-refractivity contribution in [1.82, 2.24) is 9.55 Å². The van der Waals surface area contributed by atoms with Crippen LogP contribution < -0.4 is 0 Å². The Hall–Kier alpha value is -1.35. The first-order valence-corrected chi connectivity index (χ1v) is 4.18. The Bertz CT molecular complexity index is 475. The third kappa shape index (κ3) is 1.21. The Morgan fingerprint density at radius 2 is 2.38 bits per heavy atom. The number of rotatable bonds is 1. The van der Waals surface area contributed by atoms with Crippen molar-refractivity contribution in [3.63, 3.8) is 0 Å². The predicted octanol–water partition coefficient (Wildman–Crippen LogP) is 1.95. The molecule has 0 saturated carbocycles. The van der Waals surface area contributed by atoms with E-state index in [1.165, 1.54) is 0 Å². The van der Waals surface area contributed by atoms with E-state index in [1.807, 2.05) is 13.1 Å². The largest absolute Gasteiger partial charge is 0.335 e. The molecule has 2 rings (SSSR count). The van der Waals surface area contributed by atoms with Gasteiger partial charge in [-0.25, -0.2) is 4.98 Å². The lowest BCUT2D eigenvalue weighted by molar-refractivity contribution is 0.108. The summed E-state index contributed by atoms with van der Waals surface area (Å²) in [6.07, 6.45) is 3.37. The van der Waals surface area contributed by atoms with Crippen LogP contribution in [-0.4, -0.2) is 14.8 Å². The Labute approximate surface area is 79.9 Å². The molecule has 0 aliphatic rings. The number of hydrogen-bond acceptors (Lipinski definition) is 2. The Morgan fingerprint density at radius 1 is 1.62 bits per heavy atom. The number of fused-ring (bicyclic) bond motifs is 1. The van der Waals surface area contributed by atoms with Gasteiger partial charge in [0.2, 0.25) is 0 Å². The molecule has 0 aliphatic heterocycles. The van der Waals surface area contributed by atoms with Gasteiger partial charge in [0.1, 0.15) is 5.65 Å². The van der Waals surface area contributed by atoms with Crippen LogP contribution in [0.15, 0.2) is 24.5 Å². The molecule has 2 aromatic rings. The molecule has 0 amide bonds. The molecule has 4 heteroatoms. The molecule has 2 heterocycles. The Kier molecular flexibility index (Phi) is 1.81. The lowest BCUT2D eigenvalue weighted by atomic mass is 10.2. The average Bonchev–Trinajstić information content (AvgIpc) is 2.45. The van der Waals surface area contributed by atoms with Crippen molar-refractivity contribution in [2.24, 2.45) is 7.05 Å². The van der Waals surface area contributed by atoms with Gasteiger partial charge in [-0.1, -0.05) is 0 Å². The lowest BCUT2D eigenvalue weighted by Crippen LogP contribution is -1.85. The molecule has 0 atom stereocenters. The van der Waals surface area contributed by atoms with Crippen molar-refractivity contribution in [1.29, 1.82) is 0 Å². The first-order valence-electron chi connectivity index (χ1n) is 3.80. The normalized spacial score (nSPS) is 10.6. The second-order valence-electron chi connectivity index (χ2n) is 2.80. The van der Waals surface area contributed by atoms with Crippen molar-refractivity contribution < 1.29 is 4.79 Å². The summed E-state index contributed by atoms with van der Waals surface area (Å²) in [6, 6.07) is 3.61. The van der Waals surface area contributed by atoms with E-state index < -0.39 is 5.24 Å². The summed E-state index contributed by atoms with van der Waals surface area (Å²) in [4.78, 5) is 15.1. The second kappa shape index (κ2) is 2.85. The van der Waals surface area contributed by atoms with Gasteiger partial charge in [-0.3, -0.25) is 4.79 Å². The first kappa shape index (κ1) is 8.26. The van der Waals surface area contributed by atoms with E-state index in [0.717, 1.165) is 11.0 Å². The molecule has 0 aliphatic carbocycles. The SMILES string of the molecule is Cn1cc(C(=O)Cl)c2cccnc21. The summed E-state index contributed by atoms with van der Waals surface area (Å²) in [5.41, 5.74) is 1.28. The van der Waals surface area contributed by atoms with Gasteiger partial charge in [0.15, 0.2) is 0 Å². The van der Waals surface area contributed by atoms with E-state index in [4.69, 9.17) is 11.6 Å². The van der Waals surface area contributed by atoms with Crippen molar-refractivity contribution in [2.75, 3.05) is 0 Å². The minimum Gasteiger partial charge on any atom is -0.335 e. The molecule has 0 N–H and O–H groups in total. The van der Waals surface area contributed by atoms with Crippen LogP contribution >= 0.6 is 11.6 Å². The number of halogens is 1. The monoisotopic (exact) mass is 194 g/mol. The first-order chi connectivity index (χ1) is 6.20. The molecule has 66 valence electrons. The van der Waals surface area contributed by atoms with E-state index in [2.05, 4.69) is 4.98 Å². The third-order valence-corrected chi connectivity index (χ3v) is 2.15. The molecule has 0 aromatic carbocycles. The van der Waals surface area contributed by atoms with Crippen LogP contribution in [0, 0.1) is 0 Å². The number of nitrogens with zero attached hydrogens (tertiary/aromatic N) is 2. The number of aryl methyl sites for hydroxylation is 1. The molecule has 13 heavy (non-hydrogen) atoms. The quantitative estimate of drug-likeness (QED) is 0.651. The highest BCUT2D eigenvalue weighted by Gasteiger charge is 2.11. The van der Waals surface area contributed by atoms with Crippen molar-refractivity contribution >= 4 is 27.9 Å². The summed E-state index contributed by atoms with van der Waals surface area (Å²) in [5, 5.41) is 0.351. The fourth-order valence-corrected chi connectivity index (χ4v) is 1.52. The topological polar surface area (TPSA) is 34.9 Å². The van der Waals surface area contributed by atoms with Crippen LogP contribution in [0.2, 0.25) is 0 Å². The van der Waals surface area contributed by atoms with Crippen molar-refractivity contribution in [2.45, 2.75) is 0 Å². The fourth-order valence-electron chi connectivity index (χ4n) is 1.37. The zero-order valence-electron chi connectivity index (χ0n) is 6.99. The van der Waals surface area contributed by atoms with Crippen molar-refractivity contribution in [3.05, 3.63) is 30.1 Å². The van der Waals surface area contributed by atoms with Crippen molar-refractivity contribution in [3.8, 4) is 0 Å².